The first-order chi connectivity index (χ1) is 13.4. The number of hydrogen-bond acceptors (Lipinski definition) is 2. The topological polar surface area (TPSA) is 20.2 Å². The molecular weight excluding hydrogens is 428 g/mol. The number of rotatable bonds is 2. The fourth-order valence-corrected chi connectivity index (χ4v) is 5.52. The molecule has 0 spiro atoms. The number of aliphatic hydroxyl groups is 1. The lowest BCUT2D eigenvalue weighted by Crippen LogP contribution is -2.16. The highest BCUT2D eigenvalue weighted by atomic mass is 79.9. The van der Waals surface area contributed by atoms with Gasteiger partial charge in [0.15, 0.2) is 0 Å². The minimum Gasteiger partial charge on any atom is -0.386 e. The molecule has 0 aliphatic rings. The van der Waals surface area contributed by atoms with Crippen LogP contribution in [-0.2, 0) is 5.60 Å². The van der Waals surface area contributed by atoms with Crippen LogP contribution in [0.2, 0.25) is 0 Å². The van der Waals surface area contributed by atoms with Crippen molar-refractivity contribution in [3.8, 4) is 11.1 Å². The van der Waals surface area contributed by atoms with Gasteiger partial charge in [-0.3, -0.25) is 0 Å². The monoisotopic (exact) mass is 446 g/mol. The van der Waals surface area contributed by atoms with E-state index in [1.807, 2.05) is 37.3 Å². The van der Waals surface area contributed by atoms with Gasteiger partial charge in [-0.15, -0.1) is 11.3 Å². The van der Waals surface area contributed by atoms with Crippen LogP contribution in [0, 0.1) is 0 Å². The van der Waals surface area contributed by atoms with Crippen LogP contribution in [0.15, 0.2) is 77.3 Å². The minimum absolute atomic E-state index is 0.901. The summed E-state index contributed by atoms with van der Waals surface area (Å²) >= 11 is 5.41. The molecule has 5 rings (SSSR count). The SMILES string of the molecule is CC(C)(O)c1ccc(Br)cc1-c1ccc2c(c1)sc1ccc3ccccc3c12. The van der Waals surface area contributed by atoms with E-state index >= 15 is 0 Å². The summed E-state index contributed by atoms with van der Waals surface area (Å²) in [7, 11) is 0. The van der Waals surface area contributed by atoms with Crippen molar-refractivity contribution in [2.24, 2.45) is 0 Å². The molecule has 0 aliphatic heterocycles. The van der Waals surface area contributed by atoms with Crippen LogP contribution in [0.1, 0.15) is 19.4 Å². The average molecular weight is 447 g/mol. The molecule has 0 fully saturated rings. The summed E-state index contributed by atoms with van der Waals surface area (Å²) in [4.78, 5) is 0. The maximum Gasteiger partial charge on any atom is 0.0846 e. The van der Waals surface area contributed by atoms with Crippen LogP contribution >= 0.6 is 27.3 Å². The van der Waals surface area contributed by atoms with E-state index in [1.54, 1.807) is 0 Å². The highest BCUT2D eigenvalue weighted by Gasteiger charge is 2.21. The van der Waals surface area contributed by atoms with Crippen molar-refractivity contribution < 1.29 is 5.11 Å². The van der Waals surface area contributed by atoms with Crippen molar-refractivity contribution in [3.05, 3.63) is 82.8 Å². The maximum absolute atomic E-state index is 10.7. The molecule has 28 heavy (non-hydrogen) atoms. The van der Waals surface area contributed by atoms with Crippen molar-refractivity contribution in [3.63, 3.8) is 0 Å². The van der Waals surface area contributed by atoms with Crippen molar-refractivity contribution >= 4 is 58.2 Å². The molecule has 138 valence electrons. The second-order valence-electron chi connectivity index (χ2n) is 7.72. The lowest BCUT2D eigenvalue weighted by atomic mass is 9.89. The lowest BCUT2D eigenvalue weighted by Gasteiger charge is -2.22. The molecule has 0 aliphatic carbocycles. The van der Waals surface area contributed by atoms with Crippen LogP contribution in [0.5, 0.6) is 0 Å². The van der Waals surface area contributed by atoms with E-state index in [2.05, 4.69) is 76.6 Å². The second-order valence-corrected chi connectivity index (χ2v) is 9.72. The Balaban J connectivity index is 1.79. The molecule has 0 atom stereocenters. The summed E-state index contributed by atoms with van der Waals surface area (Å²) in [5.41, 5.74) is 2.22. The van der Waals surface area contributed by atoms with E-state index < -0.39 is 5.60 Å². The number of thiophene rings is 1. The normalized spacial score (nSPS) is 12.3. The summed E-state index contributed by atoms with van der Waals surface area (Å²) in [6.45, 7) is 3.67. The quantitative estimate of drug-likeness (QED) is 0.292. The summed E-state index contributed by atoms with van der Waals surface area (Å²) in [6.07, 6.45) is 0. The number of benzene rings is 4. The molecule has 3 heteroatoms. The largest absolute Gasteiger partial charge is 0.386 e. The van der Waals surface area contributed by atoms with Gasteiger partial charge < -0.3 is 5.11 Å². The summed E-state index contributed by atoms with van der Waals surface area (Å²) < 4.78 is 3.59. The van der Waals surface area contributed by atoms with Crippen LogP contribution in [0.4, 0.5) is 0 Å². The van der Waals surface area contributed by atoms with Crippen LogP contribution < -0.4 is 0 Å². The van der Waals surface area contributed by atoms with Crippen molar-refractivity contribution in [1.82, 2.24) is 0 Å². The van der Waals surface area contributed by atoms with E-state index in [0.29, 0.717) is 0 Å². The molecule has 4 aromatic carbocycles. The van der Waals surface area contributed by atoms with Crippen LogP contribution in [0.25, 0.3) is 42.1 Å². The zero-order chi connectivity index (χ0) is 19.5. The Labute approximate surface area is 176 Å². The molecule has 1 heterocycles. The maximum atomic E-state index is 10.7. The van der Waals surface area contributed by atoms with Crippen molar-refractivity contribution in [2.45, 2.75) is 19.4 Å². The standard InChI is InChI=1S/C25H19BrOS/c1-25(2,27)21-11-9-17(26)14-20(21)16-7-10-19-23(13-16)28-22-12-8-15-5-3-4-6-18(15)24(19)22/h3-14,27H,1-2H3. The number of halogens is 1. The lowest BCUT2D eigenvalue weighted by molar-refractivity contribution is 0.0792. The Morgan fingerprint density at radius 3 is 2.46 bits per heavy atom. The molecule has 0 saturated heterocycles. The van der Waals surface area contributed by atoms with Gasteiger partial charge in [0.05, 0.1) is 5.60 Å². The predicted molar refractivity (Wildman–Crippen MR) is 125 cm³/mol. The predicted octanol–water partition coefficient (Wildman–Crippen LogP) is 7.86. The fourth-order valence-electron chi connectivity index (χ4n) is 4.00. The number of fused-ring (bicyclic) bond motifs is 5. The van der Waals surface area contributed by atoms with Gasteiger partial charge in [0, 0.05) is 24.6 Å². The fraction of sp³-hybridized carbons (Fsp3) is 0.120. The zero-order valence-corrected chi connectivity index (χ0v) is 18.1. The molecule has 0 radical (unpaired) electrons. The van der Waals surface area contributed by atoms with Gasteiger partial charge in [-0.05, 0) is 65.6 Å². The molecule has 0 amide bonds. The third kappa shape index (κ3) is 2.86. The molecule has 5 aromatic rings. The molecule has 1 N–H and O–H groups in total. The second kappa shape index (κ2) is 6.41. The van der Waals surface area contributed by atoms with E-state index in [4.69, 9.17) is 0 Å². The Bertz CT molecular complexity index is 1360. The summed E-state index contributed by atoms with van der Waals surface area (Å²) in [5, 5.41) is 15.9. The van der Waals surface area contributed by atoms with Gasteiger partial charge in [0.1, 0.15) is 0 Å². The third-order valence-corrected chi connectivity index (χ3v) is 6.92. The first kappa shape index (κ1) is 17.9. The highest BCUT2D eigenvalue weighted by molar-refractivity contribution is 9.10. The van der Waals surface area contributed by atoms with Gasteiger partial charge in [-0.2, -0.15) is 0 Å². The molecular formula is C25H19BrOS. The van der Waals surface area contributed by atoms with Gasteiger partial charge in [0.2, 0.25) is 0 Å². The first-order valence-electron chi connectivity index (χ1n) is 9.28. The Morgan fingerprint density at radius 1 is 0.821 bits per heavy atom. The molecule has 1 nitrogen and oxygen atoms in total. The Kier molecular flexibility index (Phi) is 4.09. The smallest absolute Gasteiger partial charge is 0.0846 e. The van der Waals surface area contributed by atoms with Crippen molar-refractivity contribution in [2.75, 3.05) is 0 Å². The van der Waals surface area contributed by atoms with Crippen LogP contribution in [0.3, 0.4) is 0 Å². The van der Waals surface area contributed by atoms with E-state index in [1.165, 1.54) is 30.9 Å². The molecule has 0 bridgehead atoms. The van der Waals surface area contributed by atoms with Gasteiger partial charge in [-0.1, -0.05) is 64.5 Å². The Morgan fingerprint density at radius 2 is 1.64 bits per heavy atom. The minimum atomic E-state index is -0.901. The molecule has 0 saturated carbocycles. The van der Waals surface area contributed by atoms with E-state index in [9.17, 15) is 5.11 Å². The van der Waals surface area contributed by atoms with E-state index in [0.717, 1.165) is 21.2 Å². The van der Waals surface area contributed by atoms with E-state index in [-0.39, 0.29) is 0 Å². The number of hydrogen-bond donors (Lipinski definition) is 1. The Hall–Kier alpha value is -2.20. The van der Waals surface area contributed by atoms with Gasteiger partial charge >= 0.3 is 0 Å². The summed E-state index contributed by atoms with van der Waals surface area (Å²) in [5.74, 6) is 0. The van der Waals surface area contributed by atoms with Crippen LogP contribution in [-0.4, -0.2) is 5.11 Å². The van der Waals surface area contributed by atoms with Gasteiger partial charge in [0.25, 0.3) is 0 Å². The highest BCUT2D eigenvalue weighted by Crippen LogP contribution is 2.41. The molecule has 0 unspecified atom stereocenters. The van der Waals surface area contributed by atoms with Gasteiger partial charge in [-0.25, -0.2) is 0 Å². The summed E-state index contributed by atoms with van der Waals surface area (Å²) in [6, 6.07) is 25.7. The first-order valence-corrected chi connectivity index (χ1v) is 10.9. The zero-order valence-electron chi connectivity index (χ0n) is 15.7. The third-order valence-electron chi connectivity index (χ3n) is 5.31. The van der Waals surface area contributed by atoms with Crippen molar-refractivity contribution in [1.29, 1.82) is 0 Å². The average Bonchev–Trinajstić information content (AvgIpc) is 3.05. The molecule has 1 aromatic heterocycles.